The van der Waals surface area contributed by atoms with Gasteiger partial charge in [-0.3, -0.25) is 0 Å². The van der Waals surface area contributed by atoms with Crippen LogP contribution in [0.2, 0.25) is 0 Å². The second kappa shape index (κ2) is 5.00. The number of hydrogen-bond donors (Lipinski definition) is 0. The number of rotatable bonds is 1. The Bertz CT molecular complexity index is 174. The van der Waals surface area contributed by atoms with Crippen molar-refractivity contribution in [2.45, 2.75) is 64.2 Å². The molecule has 0 unspecified atom stereocenters. The van der Waals surface area contributed by atoms with Crippen molar-refractivity contribution < 1.29 is 0 Å². The van der Waals surface area contributed by atoms with Gasteiger partial charge >= 0.3 is 0 Å². The van der Waals surface area contributed by atoms with Crippen LogP contribution in [-0.4, -0.2) is 0 Å². The monoisotopic (exact) mass is 192 g/mol. The van der Waals surface area contributed by atoms with Gasteiger partial charge in [0.15, 0.2) is 0 Å². The molecule has 80 valence electrons. The molecule has 2 aliphatic rings. The highest BCUT2D eigenvalue weighted by molar-refractivity contribution is 4.99. The highest BCUT2D eigenvalue weighted by Crippen LogP contribution is 2.38. The van der Waals surface area contributed by atoms with Gasteiger partial charge in [-0.25, -0.2) is 0 Å². The fraction of sp³-hybridized carbons (Fsp3) is 0.857. The fourth-order valence-electron chi connectivity index (χ4n) is 3.30. The largest absolute Gasteiger partial charge is 0.0999 e. The van der Waals surface area contributed by atoms with Crippen molar-refractivity contribution in [3.8, 4) is 0 Å². The van der Waals surface area contributed by atoms with Gasteiger partial charge in [0.05, 0.1) is 0 Å². The first kappa shape index (κ1) is 10.3. The van der Waals surface area contributed by atoms with E-state index in [1.54, 1.807) is 0 Å². The van der Waals surface area contributed by atoms with E-state index in [9.17, 15) is 0 Å². The van der Waals surface area contributed by atoms with E-state index >= 15 is 0 Å². The van der Waals surface area contributed by atoms with E-state index < -0.39 is 0 Å². The molecule has 0 aromatic heterocycles. The second-order valence-electron chi connectivity index (χ2n) is 5.34. The van der Waals surface area contributed by atoms with Gasteiger partial charge in [-0.1, -0.05) is 50.7 Å². The summed E-state index contributed by atoms with van der Waals surface area (Å²) in [6, 6.07) is 0. The van der Waals surface area contributed by atoms with E-state index in [4.69, 9.17) is 0 Å². The van der Waals surface area contributed by atoms with Crippen LogP contribution in [0, 0.1) is 11.8 Å². The molecule has 2 fully saturated rings. The van der Waals surface area contributed by atoms with E-state index in [-0.39, 0.29) is 0 Å². The van der Waals surface area contributed by atoms with Crippen LogP contribution in [-0.2, 0) is 0 Å². The van der Waals surface area contributed by atoms with Gasteiger partial charge in [-0.2, -0.15) is 0 Å². The third-order valence-electron chi connectivity index (χ3n) is 4.30. The summed E-state index contributed by atoms with van der Waals surface area (Å²) < 4.78 is 0. The minimum Gasteiger partial charge on any atom is -0.0999 e. The molecule has 0 N–H and O–H groups in total. The van der Waals surface area contributed by atoms with Crippen LogP contribution < -0.4 is 0 Å². The summed E-state index contributed by atoms with van der Waals surface area (Å²) in [5, 5.41) is 0. The molecule has 0 saturated heterocycles. The zero-order valence-electron chi connectivity index (χ0n) is 9.43. The summed E-state index contributed by atoms with van der Waals surface area (Å²) in [5.41, 5.74) is 1.51. The molecule has 2 saturated carbocycles. The second-order valence-corrected chi connectivity index (χ2v) is 5.34. The lowest BCUT2D eigenvalue weighted by Gasteiger charge is -2.30. The predicted octanol–water partition coefficient (Wildman–Crippen LogP) is 4.70. The van der Waals surface area contributed by atoms with E-state index in [1.807, 2.05) is 0 Å². The molecule has 0 spiro atoms. The molecule has 0 aromatic carbocycles. The van der Waals surface area contributed by atoms with Crippen molar-refractivity contribution in [3.63, 3.8) is 0 Å². The van der Waals surface area contributed by atoms with Crippen molar-refractivity contribution in [1.82, 2.24) is 0 Å². The third-order valence-corrected chi connectivity index (χ3v) is 4.30. The first-order valence-electron chi connectivity index (χ1n) is 6.53. The third kappa shape index (κ3) is 2.62. The zero-order chi connectivity index (χ0) is 9.80. The maximum Gasteiger partial charge on any atom is -0.0320 e. The predicted molar refractivity (Wildman–Crippen MR) is 62.3 cm³/mol. The maximum absolute atomic E-state index is 4.11. The summed E-state index contributed by atoms with van der Waals surface area (Å²) in [4.78, 5) is 0. The molecule has 2 rings (SSSR count). The average Bonchev–Trinajstić information content (AvgIpc) is 2.47. The molecule has 0 nitrogen and oxygen atoms in total. The zero-order valence-corrected chi connectivity index (χ0v) is 9.43. The van der Waals surface area contributed by atoms with Gasteiger partial charge in [0.25, 0.3) is 0 Å². The number of hydrogen-bond acceptors (Lipinski definition) is 0. The first-order valence-corrected chi connectivity index (χ1v) is 6.53. The van der Waals surface area contributed by atoms with Crippen LogP contribution in [0.5, 0.6) is 0 Å². The van der Waals surface area contributed by atoms with Crippen LogP contribution in [0.25, 0.3) is 0 Å². The molecule has 14 heavy (non-hydrogen) atoms. The van der Waals surface area contributed by atoms with Crippen molar-refractivity contribution in [3.05, 3.63) is 12.2 Å². The topological polar surface area (TPSA) is 0 Å². The smallest absolute Gasteiger partial charge is 0.0320 e. The van der Waals surface area contributed by atoms with Gasteiger partial charge in [-0.15, -0.1) is 0 Å². The standard InChI is InChI=1S/C14H24/c1-12-8-10-14(11-9-12)13-6-4-2-3-5-7-13/h13-14H,1-11H2. The van der Waals surface area contributed by atoms with E-state index in [0.29, 0.717) is 0 Å². The van der Waals surface area contributed by atoms with Crippen molar-refractivity contribution in [2.75, 3.05) is 0 Å². The lowest BCUT2D eigenvalue weighted by atomic mass is 9.75. The minimum atomic E-state index is 1.05. The lowest BCUT2D eigenvalue weighted by Crippen LogP contribution is -2.18. The molecule has 0 aromatic rings. The molecule has 0 heterocycles. The molecule has 0 atom stereocenters. The highest BCUT2D eigenvalue weighted by Gasteiger charge is 2.24. The summed E-state index contributed by atoms with van der Waals surface area (Å²) in [6.45, 7) is 4.11. The Morgan fingerprint density at radius 1 is 0.714 bits per heavy atom. The quantitative estimate of drug-likeness (QED) is 0.417. The SMILES string of the molecule is C=C1CCC(C2CCCCCC2)CC1. The van der Waals surface area contributed by atoms with Crippen LogP contribution in [0.4, 0.5) is 0 Å². The molecule has 0 bridgehead atoms. The summed E-state index contributed by atoms with van der Waals surface area (Å²) in [6.07, 6.45) is 14.6. The molecule has 0 radical (unpaired) electrons. The Hall–Kier alpha value is -0.260. The highest BCUT2D eigenvalue weighted by atomic mass is 14.3. The lowest BCUT2D eigenvalue weighted by molar-refractivity contribution is 0.248. The van der Waals surface area contributed by atoms with Gasteiger partial charge in [-0.05, 0) is 37.5 Å². The Balaban J connectivity index is 1.83. The Kier molecular flexibility index (Phi) is 3.67. The van der Waals surface area contributed by atoms with Gasteiger partial charge in [0, 0.05) is 0 Å². The van der Waals surface area contributed by atoms with Crippen molar-refractivity contribution in [1.29, 1.82) is 0 Å². The molecule has 0 aliphatic heterocycles. The average molecular weight is 192 g/mol. The Morgan fingerprint density at radius 3 is 1.79 bits per heavy atom. The van der Waals surface area contributed by atoms with Crippen molar-refractivity contribution in [2.24, 2.45) is 11.8 Å². The Morgan fingerprint density at radius 2 is 1.21 bits per heavy atom. The maximum atomic E-state index is 4.11. The van der Waals surface area contributed by atoms with E-state index in [2.05, 4.69) is 6.58 Å². The molecule has 0 heteroatoms. The summed E-state index contributed by atoms with van der Waals surface area (Å²) in [5.74, 6) is 2.13. The van der Waals surface area contributed by atoms with Crippen LogP contribution in [0.1, 0.15) is 64.2 Å². The Labute approximate surface area is 88.8 Å². The molecule has 2 aliphatic carbocycles. The fourth-order valence-corrected chi connectivity index (χ4v) is 3.30. The van der Waals surface area contributed by atoms with Gasteiger partial charge < -0.3 is 0 Å². The summed E-state index contributed by atoms with van der Waals surface area (Å²) >= 11 is 0. The van der Waals surface area contributed by atoms with E-state index in [1.165, 1.54) is 69.8 Å². The van der Waals surface area contributed by atoms with Crippen LogP contribution in [0.15, 0.2) is 12.2 Å². The van der Waals surface area contributed by atoms with Gasteiger partial charge in [0.1, 0.15) is 0 Å². The van der Waals surface area contributed by atoms with Crippen LogP contribution in [0.3, 0.4) is 0 Å². The summed E-state index contributed by atoms with van der Waals surface area (Å²) in [7, 11) is 0. The van der Waals surface area contributed by atoms with Crippen LogP contribution >= 0.6 is 0 Å². The van der Waals surface area contributed by atoms with E-state index in [0.717, 1.165) is 11.8 Å². The molecule has 0 amide bonds. The molecular formula is C14H24. The van der Waals surface area contributed by atoms with Gasteiger partial charge in [0.2, 0.25) is 0 Å². The van der Waals surface area contributed by atoms with Crippen molar-refractivity contribution >= 4 is 0 Å². The molecular weight excluding hydrogens is 168 g/mol. The first-order chi connectivity index (χ1) is 6.86. The number of allylic oxidation sites excluding steroid dienone is 1. The minimum absolute atomic E-state index is 1.05. The normalized spacial score (nSPS) is 27.6.